The topological polar surface area (TPSA) is 76.7 Å². The number of urea groups is 1. The Bertz CT molecular complexity index is 987. The molecule has 164 valence electrons. The highest BCUT2D eigenvalue weighted by Crippen LogP contribution is 2.31. The molecule has 2 N–H and O–H groups in total. The van der Waals surface area contributed by atoms with Gasteiger partial charge in [-0.1, -0.05) is 49.2 Å². The fourth-order valence-corrected chi connectivity index (χ4v) is 3.62. The molecule has 2 aromatic carbocycles. The molecular formula is C24H27ClN2O4. The maximum atomic E-state index is 12.9. The lowest BCUT2D eigenvalue weighted by Gasteiger charge is -2.30. The molecule has 1 atom stereocenters. The minimum atomic E-state index is -0.628. The van der Waals surface area contributed by atoms with Crippen LogP contribution in [0.5, 0.6) is 5.75 Å². The third-order valence-corrected chi connectivity index (χ3v) is 4.94. The number of hydrogen-bond donors (Lipinski definition) is 2. The van der Waals surface area contributed by atoms with E-state index in [0.29, 0.717) is 35.1 Å². The van der Waals surface area contributed by atoms with E-state index in [2.05, 4.69) is 10.6 Å². The first kappa shape index (κ1) is 22.7. The molecule has 0 spiro atoms. The summed E-state index contributed by atoms with van der Waals surface area (Å²) in [4.78, 5) is 25.2. The lowest BCUT2D eigenvalue weighted by molar-refractivity contribution is -0.143. The molecule has 1 heterocycles. The molecule has 1 unspecified atom stereocenters. The summed E-state index contributed by atoms with van der Waals surface area (Å²) in [7, 11) is 0. The summed E-state index contributed by atoms with van der Waals surface area (Å²) in [6, 6.07) is 13.8. The Morgan fingerprint density at radius 3 is 2.65 bits per heavy atom. The van der Waals surface area contributed by atoms with E-state index in [9.17, 15) is 9.59 Å². The van der Waals surface area contributed by atoms with Crippen molar-refractivity contribution >= 4 is 23.6 Å². The lowest BCUT2D eigenvalue weighted by Crippen LogP contribution is -2.46. The molecule has 3 rings (SSSR count). The molecule has 2 aromatic rings. The summed E-state index contributed by atoms with van der Waals surface area (Å²) < 4.78 is 11.4. The Morgan fingerprint density at radius 2 is 1.94 bits per heavy atom. The van der Waals surface area contributed by atoms with E-state index in [1.165, 1.54) is 0 Å². The number of halogens is 1. The van der Waals surface area contributed by atoms with Crippen molar-refractivity contribution in [1.82, 2.24) is 10.6 Å². The Labute approximate surface area is 187 Å². The van der Waals surface area contributed by atoms with E-state index in [0.717, 1.165) is 17.5 Å². The second-order valence-corrected chi connectivity index (χ2v) is 8.06. The van der Waals surface area contributed by atoms with Crippen molar-refractivity contribution in [2.45, 2.75) is 52.4 Å². The predicted octanol–water partition coefficient (Wildman–Crippen LogP) is 5.28. The van der Waals surface area contributed by atoms with Crippen LogP contribution in [-0.2, 0) is 16.1 Å². The van der Waals surface area contributed by atoms with Crippen LogP contribution in [-0.4, -0.2) is 18.1 Å². The zero-order chi connectivity index (χ0) is 22.4. The molecule has 0 saturated heterocycles. The van der Waals surface area contributed by atoms with E-state index in [4.69, 9.17) is 21.1 Å². The number of hydrogen-bond acceptors (Lipinski definition) is 4. The van der Waals surface area contributed by atoms with Crippen molar-refractivity contribution < 1.29 is 19.1 Å². The van der Waals surface area contributed by atoms with Crippen LogP contribution in [0.25, 0.3) is 0 Å². The molecule has 0 aromatic heterocycles. The van der Waals surface area contributed by atoms with Gasteiger partial charge in [0.25, 0.3) is 0 Å². The molecule has 0 bridgehead atoms. The highest BCUT2D eigenvalue weighted by Gasteiger charge is 2.34. The van der Waals surface area contributed by atoms with Gasteiger partial charge in [-0.15, -0.1) is 0 Å². The van der Waals surface area contributed by atoms with Gasteiger partial charge in [0.1, 0.15) is 12.4 Å². The molecular weight excluding hydrogens is 416 g/mol. The van der Waals surface area contributed by atoms with E-state index >= 15 is 0 Å². The number of amides is 2. The van der Waals surface area contributed by atoms with Gasteiger partial charge in [-0.05, 0) is 55.7 Å². The molecule has 0 radical (unpaired) electrons. The van der Waals surface area contributed by atoms with Gasteiger partial charge in [-0.2, -0.15) is 0 Å². The van der Waals surface area contributed by atoms with Crippen LogP contribution in [0.4, 0.5) is 4.79 Å². The first-order valence-electron chi connectivity index (χ1n) is 10.4. The summed E-state index contributed by atoms with van der Waals surface area (Å²) in [6.07, 6.45) is 1.08. The van der Waals surface area contributed by atoms with Crippen molar-refractivity contribution in [1.29, 1.82) is 0 Å². The van der Waals surface area contributed by atoms with Crippen LogP contribution in [0.3, 0.4) is 0 Å². The zero-order valence-corrected chi connectivity index (χ0v) is 18.7. The molecule has 7 heteroatoms. The fraction of sp³-hybridized carbons (Fsp3) is 0.333. The van der Waals surface area contributed by atoms with Crippen LogP contribution in [0, 0.1) is 0 Å². The number of benzene rings is 2. The molecule has 1 aliphatic rings. The first-order valence-corrected chi connectivity index (χ1v) is 10.7. The van der Waals surface area contributed by atoms with Gasteiger partial charge in [-0.3, -0.25) is 0 Å². The van der Waals surface area contributed by atoms with Gasteiger partial charge in [-0.25, -0.2) is 9.59 Å². The van der Waals surface area contributed by atoms with E-state index in [-0.39, 0.29) is 12.1 Å². The van der Waals surface area contributed by atoms with Crippen LogP contribution in [0.2, 0.25) is 5.02 Å². The number of carbonyl (C=O) groups is 2. The Morgan fingerprint density at radius 1 is 1.16 bits per heavy atom. The van der Waals surface area contributed by atoms with Gasteiger partial charge in [0.15, 0.2) is 0 Å². The van der Waals surface area contributed by atoms with Crippen LogP contribution >= 0.6 is 11.6 Å². The van der Waals surface area contributed by atoms with Crippen molar-refractivity contribution in [3.63, 3.8) is 0 Å². The van der Waals surface area contributed by atoms with Gasteiger partial charge in [0, 0.05) is 10.7 Å². The van der Waals surface area contributed by atoms with Gasteiger partial charge < -0.3 is 20.1 Å². The summed E-state index contributed by atoms with van der Waals surface area (Å²) >= 11 is 6.04. The standard InChI is InChI=1S/C24H27ClN2O4/c1-4-7-20-21(23(28)31-15(2)3)22(27-24(29)26-20)17-9-6-11-19(13-17)30-14-16-8-5-10-18(25)12-16/h5-6,8-13,15,22H,4,7,14H2,1-3H3,(H2,26,27,29). The third kappa shape index (κ3) is 6.01. The fourth-order valence-electron chi connectivity index (χ4n) is 3.41. The maximum absolute atomic E-state index is 12.9. The summed E-state index contributed by atoms with van der Waals surface area (Å²) in [5, 5.41) is 6.27. The number of esters is 1. The Balaban J connectivity index is 1.89. The molecule has 0 aliphatic carbocycles. The van der Waals surface area contributed by atoms with Crippen molar-refractivity contribution in [3.05, 3.63) is 76.0 Å². The summed E-state index contributed by atoms with van der Waals surface area (Å²) in [5.41, 5.74) is 2.69. The highest BCUT2D eigenvalue weighted by molar-refractivity contribution is 6.30. The van der Waals surface area contributed by atoms with Gasteiger partial charge in [0.2, 0.25) is 0 Å². The molecule has 31 heavy (non-hydrogen) atoms. The number of carbonyl (C=O) groups excluding carboxylic acids is 2. The van der Waals surface area contributed by atoms with Gasteiger partial charge >= 0.3 is 12.0 Å². The highest BCUT2D eigenvalue weighted by atomic mass is 35.5. The van der Waals surface area contributed by atoms with Crippen molar-refractivity contribution in [3.8, 4) is 5.75 Å². The Kier molecular flexibility index (Phi) is 7.58. The second kappa shape index (κ2) is 10.4. The number of rotatable bonds is 8. The lowest BCUT2D eigenvalue weighted by atomic mass is 9.93. The zero-order valence-electron chi connectivity index (χ0n) is 17.9. The minimum absolute atomic E-state index is 0.270. The van der Waals surface area contributed by atoms with E-state index in [1.54, 1.807) is 13.8 Å². The molecule has 2 amide bonds. The minimum Gasteiger partial charge on any atom is -0.489 e. The smallest absolute Gasteiger partial charge is 0.338 e. The molecule has 0 saturated carbocycles. The second-order valence-electron chi connectivity index (χ2n) is 7.62. The molecule has 6 nitrogen and oxygen atoms in total. The first-order chi connectivity index (χ1) is 14.9. The normalized spacial score (nSPS) is 16.0. The van der Waals surface area contributed by atoms with Crippen molar-refractivity contribution in [2.24, 2.45) is 0 Å². The molecule has 0 fully saturated rings. The Hall–Kier alpha value is -2.99. The van der Waals surface area contributed by atoms with Gasteiger partial charge in [0.05, 0.1) is 17.7 Å². The summed E-state index contributed by atoms with van der Waals surface area (Å²) in [5.74, 6) is 0.181. The van der Waals surface area contributed by atoms with E-state index in [1.807, 2.05) is 55.5 Å². The summed E-state index contributed by atoms with van der Waals surface area (Å²) in [6.45, 7) is 5.94. The average molecular weight is 443 g/mol. The maximum Gasteiger partial charge on any atom is 0.338 e. The van der Waals surface area contributed by atoms with Crippen LogP contribution in [0.15, 0.2) is 59.8 Å². The number of allylic oxidation sites excluding steroid dienone is 1. The molecule has 1 aliphatic heterocycles. The number of nitrogens with one attached hydrogen (secondary N) is 2. The number of ether oxygens (including phenoxy) is 2. The predicted molar refractivity (Wildman–Crippen MR) is 120 cm³/mol. The quantitative estimate of drug-likeness (QED) is 0.545. The SMILES string of the molecule is CCCC1=C(C(=O)OC(C)C)C(c2cccc(OCc3cccc(Cl)c3)c2)NC(=O)N1. The third-order valence-electron chi connectivity index (χ3n) is 4.70. The van der Waals surface area contributed by atoms with Crippen molar-refractivity contribution in [2.75, 3.05) is 0 Å². The monoisotopic (exact) mass is 442 g/mol. The average Bonchev–Trinajstić information content (AvgIpc) is 2.72. The van der Waals surface area contributed by atoms with Crippen LogP contribution in [0.1, 0.15) is 50.8 Å². The van der Waals surface area contributed by atoms with Crippen LogP contribution < -0.4 is 15.4 Å². The largest absolute Gasteiger partial charge is 0.489 e. The van der Waals surface area contributed by atoms with E-state index < -0.39 is 12.0 Å².